The Labute approximate surface area is 187 Å². The highest BCUT2D eigenvalue weighted by atomic mass is 79.9. The van der Waals surface area contributed by atoms with Gasteiger partial charge in [0.2, 0.25) is 5.89 Å². The van der Waals surface area contributed by atoms with Crippen molar-refractivity contribution in [3.05, 3.63) is 74.7 Å². The maximum atomic E-state index is 13.0. The van der Waals surface area contributed by atoms with Gasteiger partial charge in [0.15, 0.2) is 5.58 Å². The highest BCUT2D eigenvalue weighted by molar-refractivity contribution is 9.10. The number of hydrogen-bond acceptors (Lipinski definition) is 4. The summed E-state index contributed by atoms with van der Waals surface area (Å²) in [7, 11) is 1.54. The number of rotatable bonds is 4. The van der Waals surface area contributed by atoms with Crippen molar-refractivity contribution >= 4 is 50.2 Å². The molecule has 3 aromatic carbocycles. The first kappa shape index (κ1) is 20.4. The van der Waals surface area contributed by atoms with Crippen LogP contribution in [0.2, 0.25) is 5.02 Å². The van der Waals surface area contributed by atoms with Crippen LogP contribution in [0.25, 0.3) is 22.6 Å². The van der Waals surface area contributed by atoms with Crippen LogP contribution in [0.5, 0.6) is 5.75 Å². The Morgan fingerprint density at radius 2 is 1.93 bits per heavy atom. The van der Waals surface area contributed by atoms with Crippen LogP contribution < -0.4 is 10.1 Å². The smallest absolute Gasteiger partial charge is 0.259 e. The average Bonchev–Trinajstić information content (AvgIpc) is 3.12. The van der Waals surface area contributed by atoms with Gasteiger partial charge in [-0.15, -0.1) is 0 Å². The van der Waals surface area contributed by atoms with Crippen LogP contribution in [0, 0.1) is 13.8 Å². The summed E-state index contributed by atoms with van der Waals surface area (Å²) in [5, 5.41) is 3.27. The van der Waals surface area contributed by atoms with Crippen LogP contribution in [-0.4, -0.2) is 18.0 Å². The number of fused-ring (bicyclic) bond motifs is 1. The summed E-state index contributed by atoms with van der Waals surface area (Å²) in [5.74, 6) is 0.638. The van der Waals surface area contributed by atoms with Crippen LogP contribution >= 0.6 is 27.5 Å². The second-order valence-electron chi connectivity index (χ2n) is 6.94. The van der Waals surface area contributed by atoms with Crippen LogP contribution in [0.1, 0.15) is 21.5 Å². The largest absolute Gasteiger partial charge is 0.496 e. The summed E-state index contributed by atoms with van der Waals surface area (Å²) in [4.78, 5) is 17.5. The number of anilines is 1. The number of oxazole rings is 1. The minimum Gasteiger partial charge on any atom is -0.496 e. The van der Waals surface area contributed by atoms with Gasteiger partial charge in [-0.2, -0.15) is 0 Å². The summed E-state index contributed by atoms with van der Waals surface area (Å²) in [6.07, 6.45) is 0. The minimum absolute atomic E-state index is 0.330. The Morgan fingerprint density at radius 3 is 2.70 bits per heavy atom. The van der Waals surface area contributed by atoms with Crippen molar-refractivity contribution in [2.45, 2.75) is 13.8 Å². The summed E-state index contributed by atoms with van der Waals surface area (Å²) in [6, 6.07) is 14.7. The number of aryl methyl sites for hydroxylation is 2. The molecule has 5 nitrogen and oxygen atoms in total. The number of carbonyl (C=O) groups excluding carboxylic acids is 1. The van der Waals surface area contributed by atoms with E-state index < -0.39 is 0 Å². The van der Waals surface area contributed by atoms with Crippen molar-refractivity contribution in [3.8, 4) is 17.2 Å². The summed E-state index contributed by atoms with van der Waals surface area (Å²) in [6.45, 7) is 3.87. The van der Waals surface area contributed by atoms with E-state index in [1.54, 1.807) is 24.3 Å². The third kappa shape index (κ3) is 3.93. The number of carbonyl (C=O) groups is 1. The van der Waals surface area contributed by atoms with E-state index in [9.17, 15) is 4.79 Å². The number of benzene rings is 3. The van der Waals surface area contributed by atoms with Crippen molar-refractivity contribution in [2.75, 3.05) is 12.4 Å². The molecular weight excluding hydrogens is 468 g/mol. The Hall–Kier alpha value is -2.83. The zero-order valence-corrected chi connectivity index (χ0v) is 18.9. The molecule has 0 unspecified atom stereocenters. The lowest BCUT2D eigenvalue weighted by Gasteiger charge is -2.13. The van der Waals surface area contributed by atoms with Gasteiger partial charge in [0.1, 0.15) is 11.3 Å². The molecule has 1 amide bonds. The van der Waals surface area contributed by atoms with Crippen LogP contribution in [0.15, 0.2) is 57.4 Å². The first-order valence-corrected chi connectivity index (χ1v) is 10.4. The molecule has 7 heteroatoms. The summed E-state index contributed by atoms with van der Waals surface area (Å²) >= 11 is 9.77. The van der Waals surface area contributed by atoms with Gasteiger partial charge in [0.05, 0.1) is 23.4 Å². The van der Waals surface area contributed by atoms with Gasteiger partial charge in [-0.1, -0.05) is 33.6 Å². The maximum Gasteiger partial charge on any atom is 0.259 e. The predicted molar refractivity (Wildman–Crippen MR) is 123 cm³/mol. The fourth-order valence-electron chi connectivity index (χ4n) is 3.27. The van der Waals surface area contributed by atoms with Crippen LogP contribution in [0.4, 0.5) is 5.69 Å². The monoisotopic (exact) mass is 484 g/mol. The van der Waals surface area contributed by atoms with E-state index in [0.717, 1.165) is 21.1 Å². The van der Waals surface area contributed by atoms with E-state index in [4.69, 9.17) is 20.8 Å². The lowest BCUT2D eigenvalue weighted by Crippen LogP contribution is -2.14. The lowest BCUT2D eigenvalue weighted by atomic mass is 10.1. The van der Waals surface area contributed by atoms with E-state index in [1.807, 2.05) is 38.1 Å². The molecule has 4 rings (SSSR count). The highest BCUT2D eigenvalue weighted by Gasteiger charge is 2.18. The van der Waals surface area contributed by atoms with E-state index in [2.05, 4.69) is 26.2 Å². The molecule has 0 spiro atoms. The van der Waals surface area contributed by atoms with Crippen molar-refractivity contribution < 1.29 is 13.9 Å². The van der Waals surface area contributed by atoms with Gasteiger partial charge >= 0.3 is 0 Å². The van der Waals surface area contributed by atoms with Gasteiger partial charge in [0.25, 0.3) is 5.91 Å². The van der Waals surface area contributed by atoms with E-state index in [0.29, 0.717) is 39.1 Å². The Balaban J connectivity index is 1.69. The third-order valence-electron chi connectivity index (χ3n) is 4.69. The molecule has 0 aliphatic carbocycles. The normalized spacial score (nSPS) is 11.0. The molecule has 0 aliphatic rings. The number of ether oxygens (including phenoxy) is 1. The molecule has 0 bridgehead atoms. The SMILES string of the molecule is COc1c(C)cc(Br)cc1C(=O)Nc1cc(-c2nc3ccc(C)cc3o2)ccc1Cl. The molecule has 152 valence electrons. The molecule has 1 heterocycles. The van der Waals surface area contributed by atoms with Crippen LogP contribution in [0.3, 0.4) is 0 Å². The van der Waals surface area contributed by atoms with Crippen LogP contribution in [-0.2, 0) is 0 Å². The molecule has 30 heavy (non-hydrogen) atoms. The van der Waals surface area contributed by atoms with Gasteiger partial charge in [-0.25, -0.2) is 4.98 Å². The number of aromatic nitrogens is 1. The second-order valence-corrected chi connectivity index (χ2v) is 8.27. The number of halogens is 2. The standard InChI is InChI=1S/C23H18BrClN2O3/c1-12-4-7-18-20(8-12)30-23(27-18)14-5-6-17(25)19(10-14)26-22(28)16-11-15(24)9-13(2)21(16)29-3/h4-11H,1-3H3,(H,26,28). The molecule has 1 N–H and O–H groups in total. The molecule has 0 saturated heterocycles. The average molecular weight is 486 g/mol. The predicted octanol–water partition coefficient (Wildman–Crippen LogP) is 6.79. The first-order chi connectivity index (χ1) is 14.4. The van der Waals surface area contributed by atoms with E-state index >= 15 is 0 Å². The van der Waals surface area contributed by atoms with Crippen molar-refractivity contribution in [1.29, 1.82) is 0 Å². The molecule has 0 aliphatic heterocycles. The zero-order chi connectivity index (χ0) is 21.4. The Bertz CT molecular complexity index is 1280. The number of hydrogen-bond donors (Lipinski definition) is 1. The van der Waals surface area contributed by atoms with Gasteiger partial charge < -0.3 is 14.5 Å². The first-order valence-electron chi connectivity index (χ1n) is 9.18. The topological polar surface area (TPSA) is 64.4 Å². The van der Waals surface area contributed by atoms with Gasteiger partial charge in [-0.05, 0) is 67.4 Å². The number of nitrogens with zero attached hydrogens (tertiary/aromatic N) is 1. The molecule has 0 fully saturated rings. The van der Waals surface area contributed by atoms with E-state index in [-0.39, 0.29) is 5.91 Å². The Morgan fingerprint density at radius 1 is 1.13 bits per heavy atom. The van der Waals surface area contributed by atoms with Gasteiger partial charge in [-0.3, -0.25) is 4.79 Å². The van der Waals surface area contributed by atoms with Crippen molar-refractivity contribution in [2.24, 2.45) is 0 Å². The number of methoxy groups -OCH3 is 1. The quantitative estimate of drug-likeness (QED) is 0.346. The van der Waals surface area contributed by atoms with Crippen molar-refractivity contribution in [3.63, 3.8) is 0 Å². The fourth-order valence-corrected chi connectivity index (χ4v) is 4.01. The lowest BCUT2D eigenvalue weighted by molar-refractivity contribution is 0.102. The number of amides is 1. The summed E-state index contributed by atoms with van der Waals surface area (Å²) < 4.78 is 12.1. The Kier molecular flexibility index (Phi) is 5.54. The molecular formula is C23H18BrClN2O3. The molecule has 4 aromatic rings. The third-order valence-corrected chi connectivity index (χ3v) is 5.48. The molecule has 1 aromatic heterocycles. The minimum atomic E-state index is -0.330. The maximum absolute atomic E-state index is 13.0. The zero-order valence-electron chi connectivity index (χ0n) is 16.5. The summed E-state index contributed by atoms with van der Waals surface area (Å²) in [5.41, 5.74) is 4.98. The number of nitrogens with one attached hydrogen (secondary N) is 1. The molecule has 0 saturated carbocycles. The fraction of sp³-hybridized carbons (Fsp3) is 0.130. The van der Waals surface area contributed by atoms with E-state index in [1.165, 1.54) is 7.11 Å². The van der Waals surface area contributed by atoms with Gasteiger partial charge in [0, 0.05) is 10.0 Å². The van der Waals surface area contributed by atoms with Crippen molar-refractivity contribution in [1.82, 2.24) is 4.98 Å². The highest BCUT2D eigenvalue weighted by Crippen LogP contribution is 2.33. The molecule has 0 atom stereocenters. The molecule has 0 radical (unpaired) electrons. The second kappa shape index (κ2) is 8.13.